The fourth-order valence-corrected chi connectivity index (χ4v) is 4.09. The predicted molar refractivity (Wildman–Crippen MR) is 126 cm³/mol. The minimum atomic E-state index is -0.582. The molecule has 7 heteroatoms. The zero-order valence-electron chi connectivity index (χ0n) is 18.9. The topological polar surface area (TPSA) is 70.5 Å². The molecule has 3 rings (SSSR count). The second-order valence-corrected chi connectivity index (χ2v) is 8.35. The van der Waals surface area contributed by atoms with Crippen LogP contribution < -0.4 is 4.74 Å². The molecule has 0 N–H and O–H groups in total. The van der Waals surface area contributed by atoms with Gasteiger partial charge in [-0.25, -0.2) is 14.8 Å². The first-order valence-electron chi connectivity index (χ1n) is 11.0. The molecule has 170 valence electrons. The summed E-state index contributed by atoms with van der Waals surface area (Å²) in [6, 6.07) is 11.9. The summed E-state index contributed by atoms with van der Waals surface area (Å²) in [5.41, 5.74) is 2.14. The van der Waals surface area contributed by atoms with E-state index in [9.17, 15) is 4.79 Å². The first-order chi connectivity index (χ1) is 15.6. The van der Waals surface area contributed by atoms with Crippen LogP contribution in [0.25, 0.3) is 10.7 Å². The highest BCUT2D eigenvalue weighted by molar-refractivity contribution is 7.15. The van der Waals surface area contributed by atoms with Crippen molar-refractivity contribution in [2.75, 3.05) is 19.8 Å². The summed E-state index contributed by atoms with van der Waals surface area (Å²) in [4.78, 5) is 23.2. The Hall–Kier alpha value is -2.77. The summed E-state index contributed by atoms with van der Waals surface area (Å²) in [7, 11) is 0. The van der Waals surface area contributed by atoms with Crippen LogP contribution >= 0.6 is 11.3 Å². The molecule has 0 saturated heterocycles. The van der Waals surface area contributed by atoms with Crippen LogP contribution in [0.4, 0.5) is 0 Å². The molecule has 0 spiro atoms. The Morgan fingerprint density at radius 1 is 0.969 bits per heavy atom. The van der Waals surface area contributed by atoms with E-state index in [0.29, 0.717) is 26.2 Å². The lowest BCUT2D eigenvalue weighted by Crippen LogP contribution is -2.28. The van der Waals surface area contributed by atoms with E-state index >= 15 is 0 Å². The number of esters is 1. The van der Waals surface area contributed by atoms with E-state index in [-0.39, 0.29) is 5.97 Å². The van der Waals surface area contributed by atoms with Gasteiger partial charge in [-0.05, 0) is 55.7 Å². The first-order valence-corrected chi connectivity index (χ1v) is 11.8. The van der Waals surface area contributed by atoms with Gasteiger partial charge in [-0.2, -0.15) is 0 Å². The van der Waals surface area contributed by atoms with Crippen LogP contribution in [0, 0.1) is 0 Å². The lowest BCUT2D eigenvalue weighted by Gasteiger charge is -2.15. The molecule has 3 aromatic rings. The Morgan fingerprint density at radius 2 is 1.72 bits per heavy atom. The summed E-state index contributed by atoms with van der Waals surface area (Å²) in [5.74, 6) is 1.24. The minimum absolute atomic E-state index is 0.322. The summed E-state index contributed by atoms with van der Waals surface area (Å²) in [6.45, 7) is 7.15. The van der Waals surface area contributed by atoms with E-state index < -0.39 is 6.10 Å². The smallest absolute Gasteiger partial charge is 0.335 e. The van der Waals surface area contributed by atoms with Gasteiger partial charge in [0.15, 0.2) is 11.9 Å². The number of nitrogens with zero attached hydrogens (tertiary/aromatic N) is 2. The van der Waals surface area contributed by atoms with Gasteiger partial charge in [0.25, 0.3) is 0 Å². The van der Waals surface area contributed by atoms with Crippen molar-refractivity contribution in [1.82, 2.24) is 9.97 Å². The van der Waals surface area contributed by atoms with Crippen molar-refractivity contribution < 1.29 is 19.0 Å². The highest BCUT2D eigenvalue weighted by atomic mass is 32.1. The van der Waals surface area contributed by atoms with E-state index in [2.05, 4.69) is 29.0 Å². The molecule has 2 aromatic heterocycles. The number of carbonyl (C=O) groups is 1. The molecule has 0 saturated carbocycles. The molecule has 0 aliphatic carbocycles. The lowest BCUT2D eigenvalue weighted by molar-refractivity contribution is -0.156. The molecule has 0 fully saturated rings. The molecule has 0 aliphatic heterocycles. The number of rotatable bonds is 12. The number of ether oxygens (including phenoxy) is 3. The fourth-order valence-electron chi connectivity index (χ4n) is 3.15. The number of benzene rings is 1. The summed E-state index contributed by atoms with van der Waals surface area (Å²) in [6.07, 6.45) is 5.42. The van der Waals surface area contributed by atoms with E-state index in [1.54, 1.807) is 18.3 Å². The Bertz CT molecular complexity index is 970. The maximum absolute atomic E-state index is 12.0. The highest BCUT2D eigenvalue weighted by Crippen LogP contribution is 2.26. The van der Waals surface area contributed by atoms with Gasteiger partial charge in [0.1, 0.15) is 5.75 Å². The standard InChI is InChI=1S/C25H30N2O4S/c1-4-18-16-26-24(27-17-18)23-12-11-21(32-23)13-14-31-20-9-7-19(8-10-20)15-22(29-5-2)25(28)30-6-3/h7-12,16-17,22H,4-6,13-15H2,1-3H3. The normalized spacial score (nSPS) is 11.8. The van der Waals surface area contributed by atoms with Crippen LogP contribution in [-0.4, -0.2) is 41.9 Å². The SMILES string of the molecule is CCOC(=O)C(Cc1ccc(OCCc2ccc(-c3ncc(CC)cn3)s2)cc1)OCC. The van der Waals surface area contributed by atoms with Gasteiger partial charge in [0.2, 0.25) is 0 Å². The summed E-state index contributed by atoms with van der Waals surface area (Å²) < 4.78 is 16.5. The van der Waals surface area contributed by atoms with Crippen molar-refractivity contribution >= 4 is 17.3 Å². The molecular formula is C25H30N2O4S. The molecular weight excluding hydrogens is 424 g/mol. The first kappa shape index (κ1) is 23.9. The van der Waals surface area contributed by atoms with Crippen molar-refractivity contribution in [3.63, 3.8) is 0 Å². The third-order valence-corrected chi connectivity index (χ3v) is 6.02. The molecule has 1 aromatic carbocycles. The van der Waals surface area contributed by atoms with E-state index in [1.807, 2.05) is 43.6 Å². The zero-order valence-corrected chi connectivity index (χ0v) is 19.7. The van der Waals surface area contributed by atoms with Crippen molar-refractivity contribution in [2.45, 2.75) is 46.1 Å². The molecule has 0 radical (unpaired) electrons. The van der Waals surface area contributed by atoms with Crippen molar-refractivity contribution in [3.8, 4) is 16.5 Å². The van der Waals surface area contributed by atoms with Crippen LogP contribution in [0.3, 0.4) is 0 Å². The van der Waals surface area contributed by atoms with Crippen LogP contribution in [0.5, 0.6) is 5.75 Å². The van der Waals surface area contributed by atoms with Gasteiger partial charge < -0.3 is 14.2 Å². The molecule has 0 amide bonds. The molecule has 1 unspecified atom stereocenters. The zero-order chi connectivity index (χ0) is 22.8. The molecule has 1 atom stereocenters. The number of hydrogen-bond acceptors (Lipinski definition) is 7. The quantitative estimate of drug-likeness (QED) is 0.363. The van der Waals surface area contributed by atoms with Crippen LogP contribution in [0.15, 0.2) is 48.8 Å². The largest absolute Gasteiger partial charge is 0.493 e. The molecule has 32 heavy (non-hydrogen) atoms. The van der Waals surface area contributed by atoms with Gasteiger partial charge in [-0.1, -0.05) is 19.1 Å². The van der Waals surface area contributed by atoms with Gasteiger partial charge in [0.05, 0.1) is 18.1 Å². The minimum Gasteiger partial charge on any atom is -0.493 e. The Balaban J connectivity index is 1.49. The Kier molecular flexibility index (Phi) is 9.19. The second-order valence-electron chi connectivity index (χ2n) is 7.18. The lowest BCUT2D eigenvalue weighted by atomic mass is 10.1. The Morgan fingerprint density at radius 3 is 2.38 bits per heavy atom. The van der Waals surface area contributed by atoms with Gasteiger partial charge in [-0.3, -0.25) is 0 Å². The average Bonchev–Trinajstić information content (AvgIpc) is 3.29. The fraction of sp³-hybridized carbons (Fsp3) is 0.400. The number of hydrogen-bond donors (Lipinski definition) is 0. The van der Waals surface area contributed by atoms with E-state index in [1.165, 1.54) is 4.88 Å². The van der Waals surface area contributed by atoms with Gasteiger partial charge >= 0.3 is 5.97 Å². The number of aromatic nitrogens is 2. The monoisotopic (exact) mass is 454 g/mol. The Labute approximate surface area is 193 Å². The van der Waals surface area contributed by atoms with E-state index in [4.69, 9.17) is 14.2 Å². The van der Waals surface area contributed by atoms with Gasteiger partial charge in [-0.15, -0.1) is 11.3 Å². The summed E-state index contributed by atoms with van der Waals surface area (Å²) in [5, 5.41) is 0. The maximum atomic E-state index is 12.0. The van der Waals surface area contributed by atoms with Crippen molar-refractivity contribution in [2.24, 2.45) is 0 Å². The molecule has 2 heterocycles. The highest BCUT2D eigenvalue weighted by Gasteiger charge is 2.20. The van der Waals surface area contributed by atoms with Crippen molar-refractivity contribution in [3.05, 3.63) is 64.8 Å². The van der Waals surface area contributed by atoms with Crippen LogP contribution in [-0.2, 0) is 33.5 Å². The molecule has 6 nitrogen and oxygen atoms in total. The van der Waals surface area contributed by atoms with E-state index in [0.717, 1.165) is 40.4 Å². The third-order valence-electron chi connectivity index (χ3n) is 4.87. The molecule has 0 aliphatic rings. The second kappa shape index (κ2) is 12.3. The predicted octanol–water partition coefficient (Wildman–Crippen LogP) is 4.90. The number of carbonyl (C=O) groups excluding carboxylic acids is 1. The average molecular weight is 455 g/mol. The maximum Gasteiger partial charge on any atom is 0.335 e. The van der Waals surface area contributed by atoms with Crippen molar-refractivity contribution in [1.29, 1.82) is 0 Å². The van der Waals surface area contributed by atoms with Crippen LogP contribution in [0.1, 0.15) is 36.8 Å². The van der Waals surface area contributed by atoms with Crippen LogP contribution in [0.2, 0.25) is 0 Å². The van der Waals surface area contributed by atoms with Gasteiger partial charge in [0, 0.05) is 36.7 Å². The molecule has 0 bridgehead atoms. The summed E-state index contributed by atoms with van der Waals surface area (Å²) >= 11 is 1.69. The third kappa shape index (κ3) is 6.87. The number of aryl methyl sites for hydroxylation is 1. The number of thiophene rings is 1.